The topological polar surface area (TPSA) is 80.3 Å². The van der Waals surface area contributed by atoms with Gasteiger partial charge >= 0.3 is 37.7 Å². The third kappa shape index (κ3) is 7.70. The first-order chi connectivity index (χ1) is 7.58. The Labute approximate surface area is 128 Å². The minimum Gasteiger partial charge on any atom is -0.537 e. The van der Waals surface area contributed by atoms with Crippen LogP contribution in [-0.2, 0) is 9.59 Å². The van der Waals surface area contributed by atoms with E-state index in [0.29, 0.717) is 11.1 Å². The van der Waals surface area contributed by atoms with Crippen molar-refractivity contribution in [2.45, 2.75) is 0 Å². The van der Waals surface area contributed by atoms with Crippen LogP contribution >= 0.6 is 0 Å². The predicted octanol–water partition coefficient (Wildman–Crippen LogP) is -8.10. The van der Waals surface area contributed by atoms with Crippen LogP contribution in [0.5, 0.6) is 0 Å². The van der Waals surface area contributed by atoms with Gasteiger partial charge in [0.15, 0.2) is 0 Å². The molecular weight excluding hydrogens is 222 g/mol. The second-order valence-electron chi connectivity index (χ2n) is 2.65. The molecule has 0 N–H and O–H groups in total. The number of carbonyl (C=O) groups is 2. The summed E-state index contributed by atoms with van der Waals surface area (Å²) in [6.07, 6.45) is 0. The van der Waals surface area contributed by atoms with Gasteiger partial charge in [0.05, 0.1) is 0 Å². The first-order valence-corrected chi connectivity index (χ1v) is 4.14. The van der Waals surface area contributed by atoms with Crippen LogP contribution in [0.4, 0.5) is 0 Å². The maximum absolute atomic E-state index is 10.0. The Hall–Kier alpha value is -1.53. The number of hydrogen-bond acceptors (Lipinski definition) is 4. The molecule has 0 aromatic heterocycles. The quantitative estimate of drug-likeness (QED) is 0.325. The number of aliphatic carboxylic acids is 2. The molecule has 0 aliphatic rings. The molecule has 0 aliphatic heterocycles. The molecule has 1 aromatic carbocycles. The molecule has 0 atom stereocenters. The maximum Gasteiger partial charge on any atom is 1.00 e. The average Bonchev–Trinajstić information content (AvgIpc) is 2.25. The van der Waals surface area contributed by atoms with E-state index in [1.807, 2.05) is 11.8 Å². The fraction of sp³-hybridized carbons (Fsp3) is 0. The van der Waals surface area contributed by atoms with Crippen LogP contribution in [-0.4, -0.2) is 11.9 Å². The average molecular weight is 226 g/mol. The number of rotatable bonds is 0. The second kappa shape index (κ2) is 9.50. The van der Waals surface area contributed by atoms with E-state index in [2.05, 4.69) is 11.8 Å². The summed E-state index contributed by atoms with van der Waals surface area (Å²) in [7, 11) is 0. The monoisotopic (exact) mass is 226 g/mol. The molecule has 0 amide bonds. The van der Waals surface area contributed by atoms with E-state index in [9.17, 15) is 19.8 Å². The predicted molar refractivity (Wildman–Crippen MR) is 50.2 cm³/mol. The molecular formula is C12H4Li2O4. The van der Waals surface area contributed by atoms with Crippen LogP contribution in [0.2, 0.25) is 0 Å². The SMILES string of the molecule is O=C([O-])C#Cc1ccc(C#CC(=O)[O-])cc1.[Li+].[Li+]. The van der Waals surface area contributed by atoms with Crippen molar-refractivity contribution in [2.24, 2.45) is 0 Å². The fourth-order valence-electron chi connectivity index (χ4n) is 0.883. The Bertz CT molecular complexity index is 490. The molecule has 0 bridgehead atoms. The molecule has 18 heavy (non-hydrogen) atoms. The second-order valence-corrected chi connectivity index (χ2v) is 2.65. The van der Waals surface area contributed by atoms with Crippen molar-refractivity contribution in [3.63, 3.8) is 0 Å². The van der Waals surface area contributed by atoms with Crippen molar-refractivity contribution < 1.29 is 57.5 Å². The van der Waals surface area contributed by atoms with Gasteiger partial charge in [-0.15, -0.1) is 0 Å². The van der Waals surface area contributed by atoms with Gasteiger partial charge < -0.3 is 19.8 Å². The number of hydrogen-bond donors (Lipinski definition) is 0. The summed E-state index contributed by atoms with van der Waals surface area (Å²) in [5.41, 5.74) is 0.950. The summed E-state index contributed by atoms with van der Waals surface area (Å²) >= 11 is 0. The van der Waals surface area contributed by atoms with Gasteiger partial charge in [-0.05, 0) is 36.1 Å². The molecule has 0 unspecified atom stereocenters. The van der Waals surface area contributed by atoms with Crippen molar-refractivity contribution in [3.8, 4) is 23.7 Å². The number of carbonyl (C=O) groups excluding carboxylic acids is 2. The first kappa shape index (κ1) is 18.8. The number of carboxylic acids is 2. The zero-order valence-corrected chi connectivity index (χ0v) is 9.94. The van der Waals surface area contributed by atoms with Crippen LogP contribution in [0.15, 0.2) is 24.3 Å². The Balaban J connectivity index is 0. The fourth-order valence-corrected chi connectivity index (χ4v) is 0.883. The minimum absolute atomic E-state index is 0. The maximum atomic E-state index is 10.0. The smallest absolute Gasteiger partial charge is 0.537 e. The molecule has 0 saturated carbocycles. The zero-order valence-electron chi connectivity index (χ0n) is 9.94. The van der Waals surface area contributed by atoms with E-state index in [-0.39, 0.29) is 37.7 Å². The van der Waals surface area contributed by atoms with Gasteiger partial charge in [-0.2, -0.15) is 0 Å². The summed E-state index contributed by atoms with van der Waals surface area (Å²) < 4.78 is 0. The van der Waals surface area contributed by atoms with Gasteiger partial charge in [-0.1, -0.05) is 11.8 Å². The summed E-state index contributed by atoms with van der Waals surface area (Å²) in [6.45, 7) is 0. The molecule has 0 fully saturated rings. The van der Waals surface area contributed by atoms with E-state index >= 15 is 0 Å². The van der Waals surface area contributed by atoms with Crippen LogP contribution in [0, 0.1) is 23.7 Å². The van der Waals surface area contributed by atoms with E-state index < -0.39 is 11.9 Å². The largest absolute Gasteiger partial charge is 1.00 e. The van der Waals surface area contributed by atoms with Gasteiger partial charge in [0, 0.05) is 11.1 Å². The van der Waals surface area contributed by atoms with Gasteiger partial charge in [-0.25, -0.2) is 0 Å². The van der Waals surface area contributed by atoms with Crippen molar-refractivity contribution in [2.75, 3.05) is 0 Å². The van der Waals surface area contributed by atoms with E-state index in [4.69, 9.17) is 0 Å². The molecule has 6 heteroatoms. The Kier molecular flexibility index (Phi) is 9.94. The summed E-state index contributed by atoms with van der Waals surface area (Å²) in [5.74, 6) is 5.47. The van der Waals surface area contributed by atoms with E-state index in [0.717, 1.165) is 0 Å². The van der Waals surface area contributed by atoms with E-state index in [1.54, 1.807) is 0 Å². The first-order valence-electron chi connectivity index (χ1n) is 4.14. The van der Waals surface area contributed by atoms with Gasteiger partial charge in [0.2, 0.25) is 0 Å². The third-order valence-corrected chi connectivity index (χ3v) is 1.50. The van der Waals surface area contributed by atoms with Crippen molar-refractivity contribution >= 4 is 11.9 Å². The summed E-state index contributed by atoms with van der Waals surface area (Å²) in [5, 5.41) is 20.1. The van der Waals surface area contributed by atoms with Crippen LogP contribution in [0.3, 0.4) is 0 Å². The van der Waals surface area contributed by atoms with Crippen molar-refractivity contribution in [3.05, 3.63) is 35.4 Å². The molecule has 0 saturated heterocycles. The van der Waals surface area contributed by atoms with Crippen LogP contribution in [0.25, 0.3) is 0 Å². The normalized spacial score (nSPS) is 7.11. The molecule has 1 aromatic rings. The third-order valence-electron chi connectivity index (χ3n) is 1.50. The van der Waals surface area contributed by atoms with Gasteiger partial charge in [0.25, 0.3) is 0 Å². The minimum atomic E-state index is -1.46. The molecule has 1 rings (SSSR count). The molecule has 4 nitrogen and oxygen atoms in total. The molecule has 0 spiro atoms. The Morgan fingerprint density at radius 1 is 0.778 bits per heavy atom. The standard InChI is InChI=1S/C12H6O4.2Li/c13-11(14)7-5-9-1-2-10(4-3-9)6-8-12(15)16;;/h1-4H,(H,13,14)(H,15,16);;/q;2*+1/p-2. The number of benzene rings is 1. The Morgan fingerprint density at radius 2 is 1.06 bits per heavy atom. The summed E-state index contributed by atoms with van der Waals surface area (Å²) in [6, 6.07) is 6.09. The summed E-state index contributed by atoms with van der Waals surface area (Å²) in [4.78, 5) is 20.1. The van der Waals surface area contributed by atoms with Gasteiger partial charge in [0.1, 0.15) is 11.9 Å². The van der Waals surface area contributed by atoms with E-state index in [1.165, 1.54) is 24.3 Å². The number of carboxylic acid groups (broad SMARTS) is 2. The van der Waals surface area contributed by atoms with Gasteiger partial charge in [-0.3, -0.25) is 0 Å². The molecule has 0 aliphatic carbocycles. The zero-order chi connectivity index (χ0) is 12.0. The Morgan fingerprint density at radius 3 is 1.28 bits per heavy atom. The molecule has 78 valence electrons. The molecule has 0 radical (unpaired) electrons. The molecule has 0 heterocycles. The van der Waals surface area contributed by atoms with Crippen molar-refractivity contribution in [1.29, 1.82) is 0 Å². The van der Waals surface area contributed by atoms with Crippen molar-refractivity contribution in [1.82, 2.24) is 0 Å². The van der Waals surface area contributed by atoms with Crippen LogP contribution in [0.1, 0.15) is 11.1 Å². The van der Waals surface area contributed by atoms with Crippen LogP contribution < -0.4 is 47.9 Å².